The Hall–Kier alpha value is -4.14. The highest BCUT2D eigenvalue weighted by Gasteiger charge is 2.15. The van der Waals surface area contributed by atoms with E-state index < -0.39 is 0 Å². The Kier molecular flexibility index (Phi) is 8.24. The van der Waals surface area contributed by atoms with Gasteiger partial charge < -0.3 is 24.5 Å². The van der Waals surface area contributed by atoms with Crippen LogP contribution in [0.1, 0.15) is 29.7 Å². The first-order valence-electron chi connectivity index (χ1n) is 13.1. The van der Waals surface area contributed by atoms with Gasteiger partial charge in [-0.2, -0.15) is 0 Å². The van der Waals surface area contributed by atoms with Crippen molar-refractivity contribution in [3.05, 3.63) is 83.7 Å². The van der Waals surface area contributed by atoms with Crippen molar-refractivity contribution in [2.24, 2.45) is 0 Å². The molecular formula is C31H34N4O4. The minimum absolute atomic E-state index is 0.188. The van der Waals surface area contributed by atoms with Crippen molar-refractivity contribution in [3.63, 3.8) is 0 Å². The van der Waals surface area contributed by atoms with E-state index in [1.165, 1.54) is 5.56 Å². The van der Waals surface area contributed by atoms with Crippen molar-refractivity contribution in [2.75, 3.05) is 40.5 Å². The molecular weight excluding hydrogens is 492 g/mol. The summed E-state index contributed by atoms with van der Waals surface area (Å²) in [6.07, 6.45) is 7.16. The number of nitrogens with zero attached hydrogens (tertiary/aromatic N) is 2. The second-order valence-corrected chi connectivity index (χ2v) is 9.59. The maximum atomic E-state index is 12.8. The first-order valence-corrected chi connectivity index (χ1v) is 13.1. The fourth-order valence-corrected chi connectivity index (χ4v) is 4.88. The van der Waals surface area contributed by atoms with Crippen molar-refractivity contribution in [1.82, 2.24) is 20.2 Å². The van der Waals surface area contributed by atoms with Gasteiger partial charge in [0.25, 0.3) is 0 Å². The molecule has 0 spiro atoms. The second-order valence-electron chi connectivity index (χ2n) is 9.59. The van der Waals surface area contributed by atoms with Crippen LogP contribution in [0.15, 0.2) is 67.0 Å². The van der Waals surface area contributed by atoms with E-state index in [-0.39, 0.29) is 11.9 Å². The Morgan fingerprint density at radius 2 is 1.92 bits per heavy atom. The number of carbonyl (C=O) groups excluding carboxylic acids is 1. The Bertz CT molecular complexity index is 1470. The largest absolute Gasteiger partial charge is 0.493 e. The van der Waals surface area contributed by atoms with E-state index in [1.54, 1.807) is 20.3 Å². The summed E-state index contributed by atoms with van der Waals surface area (Å²) in [6, 6.07) is 16.0. The summed E-state index contributed by atoms with van der Waals surface area (Å²) in [5, 5.41) is 3.98. The molecule has 1 aliphatic rings. The van der Waals surface area contributed by atoms with E-state index in [0.29, 0.717) is 11.5 Å². The highest BCUT2D eigenvalue weighted by atomic mass is 16.5. The number of ether oxygens (including phenoxy) is 3. The van der Waals surface area contributed by atoms with Crippen LogP contribution >= 0.6 is 0 Å². The van der Waals surface area contributed by atoms with Crippen LogP contribution in [0.4, 0.5) is 0 Å². The lowest BCUT2D eigenvalue weighted by Crippen LogP contribution is -2.35. The van der Waals surface area contributed by atoms with Gasteiger partial charge in [0, 0.05) is 54.6 Å². The van der Waals surface area contributed by atoms with Crippen molar-refractivity contribution >= 4 is 23.0 Å². The van der Waals surface area contributed by atoms with E-state index >= 15 is 0 Å². The number of methoxy groups -OCH3 is 2. The number of rotatable bonds is 9. The molecule has 5 rings (SSSR count). The third kappa shape index (κ3) is 6.13. The van der Waals surface area contributed by atoms with Crippen LogP contribution in [-0.4, -0.2) is 61.3 Å². The smallest absolute Gasteiger partial charge is 0.244 e. The maximum Gasteiger partial charge on any atom is 0.244 e. The number of fused-ring (bicyclic) bond motifs is 1. The normalized spacial score (nSPS) is 14.9. The molecule has 2 aromatic carbocycles. The molecule has 0 saturated carbocycles. The van der Waals surface area contributed by atoms with Crippen molar-refractivity contribution in [2.45, 2.75) is 19.5 Å². The number of aromatic amines is 1. The predicted octanol–water partition coefficient (Wildman–Crippen LogP) is 4.97. The zero-order chi connectivity index (χ0) is 27.2. The lowest BCUT2D eigenvalue weighted by atomic mass is 9.99. The maximum absolute atomic E-state index is 12.8. The van der Waals surface area contributed by atoms with Gasteiger partial charge >= 0.3 is 0 Å². The minimum Gasteiger partial charge on any atom is -0.493 e. The molecule has 202 valence electrons. The Labute approximate surface area is 228 Å². The summed E-state index contributed by atoms with van der Waals surface area (Å²) < 4.78 is 16.2. The zero-order valence-corrected chi connectivity index (χ0v) is 22.6. The van der Waals surface area contributed by atoms with Gasteiger partial charge in [-0.05, 0) is 47.9 Å². The van der Waals surface area contributed by atoms with Crippen molar-refractivity contribution in [3.8, 4) is 22.6 Å². The summed E-state index contributed by atoms with van der Waals surface area (Å²) in [7, 11) is 3.19. The highest BCUT2D eigenvalue weighted by Crippen LogP contribution is 2.31. The summed E-state index contributed by atoms with van der Waals surface area (Å²) >= 11 is 0. The van der Waals surface area contributed by atoms with Crippen LogP contribution < -0.4 is 14.8 Å². The topological polar surface area (TPSA) is 88.7 Å². The minimum atomic E-state index is -0.207. The van der Waals surface area contributed by atoms with Crippen LogP contribution in [0.5, 0.6) is 11.5 Å². The van der Waals surface area contributed by atoms with E-state index in [1.807, 2.05) is 43.6 Å². The lowest BCUT2D eigenvalue weighted by Gasteiger charge is -2.27. The molecule has 4 aromatic rings. The molecule has 2 aromatic heterocycles. The van der Waals surface area contributed by atoms with Gasteiger partial charge in [0.15, 0.2) is 11.5 Å². The molecule has 1 aliphatic heterocycles. The molecule has 39 heavy (non-hydrogen) atoms. The number of carbonyl (C=O) groups is 1. The third-order valence-corrected chi connectivity index (χ3v) is 7.07. The summed E-state index contributed by atoms with van der Waals surface area (Å²) in [6.45, 7) is 6.22. The average Bonchev–Trinajstić information content (AvgIpc) is 3.38. The number of nitrogens with one attached hydrogen (secondary N) is 2. The third-order valence-electron chi connectivity index (χ3n) is 7.07. The first kappa shape index (κ1) is 26.5. The SMILES string of the molecule is COc1ccc([C@@H](C)NC(=O)/C=C/c2c[nH]c3ncc(-c4ccccc4CN4CCOCC4)cc23)cc1OC. The van der Waals surface area contributed by atoms with Gasteiger partial charge in [-0.1, -0.05) is 30.3 Å². The number of amides is 1. The second kappa shape index (κ2) is 12.1. The molecule has 1 saturated heterocycles. The van der Waals surface area contributed by atoms with Crippen molar-refractivity contribution < 1.29 is 19.0 Å². The molecule has 1 amide bonds. The Balaban J connectivity index is 1.32. The molecule has 0 bridgehead atoms. The lowest BCUT2D eigenvalue weighted by molar-refractivity contribution is -0.117. The van der Waals surface area contributed by atoms with E-state index in [0.717, 1.165) is 66.1 Å². The molecule has 8 heteroatoms. The van der Waals surface area contributed by atoms with Crippen LogP contribution in [-0.2, 0) is 16.1 Å². The van der Waals surface area contributed by atoms with Crippen molar-refractivity contribution in [1.29, 1.82) is 0 Å². The summed E-state index contributed by atoms with van der Waals surface area (Å²) in [5.74, 6) is 1.09. The molecule has 0 radical (unpaired) electrons. The summed E-state index contributed by atoms with van der Waals surface area (Å²) in [5.41, 5.74) is 6.08. The molecule has 1 fully saturated rings. The van der Waals surface area contributed by atoms with Crippen LogP contribution in [0.3, 0.4) is 0 Å². The average molecular weight is 527 g/mol. The number of pyridine rings is 1. The molecule has 8 nitrogen and oxygen atoms in total. The first-order chi connectivity index (χ1) is 19.1. The molecule has 2 N–H and O–H groups in total. The molecule has 1 atom stereocenters. The Morgan fingerprint density at radius 3 is 2.72 bits per heavy atom. The fourth-order valence-electron chi connectivity index (χ4n) is 4.88. The standard InChI is InChI=1S/C31H34N4O4/c1-21(22-8-10-28(37-2)29(17-22)38-3)34-30(36)11-9-23-18-32-31-27(23)16-25(19-33-31)26-7-5-4-6-24(26)20-35-12-14-39-15-13-35/h4-11,16-19,21H,12-15,20H2,1-3H3,(H,32,33)(H,34,36)/b11-9+/t21-/m1/s1. The van der Waals surface area contributed by atoms with E-state index in [4.69, 9.17) is 14.2 Å². The Morgan fingerprint density at radius 1 is 1.13 bits per heavy atom. The molecule has 3 heterocycles. The van der Waals surface area contributed by atoms with Crippen LogP contribution in [0.25, 0.3) is 28.2 Å². The van der Waals surface area contributed by atoms with Gasteiger partial charge in [0.1, 0.15) is 5.65 Å². The van der Waals surface area contributed by atoms with Gasteiger partial charge in [0.2, 0.25) is 5.91 Å². The summed E-state index contributed by atoms with van der Waals surface area (Å²) in [4.78, 5) is 23.1. The quantitative estimate of drug-likeness (QED) is 0.300. The number of morpholine rings is 1. The number of hydrogen-bond acceptors (Lipinski definition) is 6. The fraction of sp³-hybridized carbons (Fsp3) is 0.290. The van der Waals surface area contributed by atoms with E-state index in [9.17, 15) is 4.79 Å². The van der Waals surface area contributed by atoms with Crippen LogP contribution in [0, 0.1) is 0 Å². The predicted molar refractivity (Wildman–Crippen MR) is 153 cm³/mol. The monoisotopic (exact) mass is 526 g/mol. The van der Waals surface area contributed by atoms with Gasteiger partial charge in [-0.3, -0.25) is 9.69 Å². The number of H-pyrrole nitrogens is 1. The number of aromatic nitrogens is 2. The number of benzene rings is 2. The van der Waals surface area contributed by atoms with Crippen LogP contribution in [0.2, 0.25) is 0 Å². The molecule has 0 unspecified atom stereocenters. The molecule has 0 aliphatic carbocycles. The number of hydrogen-bond donors (Lipinski definition) is 2. The zero-order valence-electron chi connectivity index (χ0n) is 22.6. The van der Waals surface area contributed by atoms with Gasteiger partial charge in [0.05, 0.1) is 33.5 Å². The van der Waals surface area contributed by atoms with Gasteiger partial charge in [-0.25, -0.2) is 4.98 Å². The highest BCUT2D eigenvalue weighted by molar-refractivity contribution is 5.96. The van der Waals surface area contributed by atoms with E-state index in [2.05, 4.69) is 50.5 Å². The van der Waals surface area contributed by atoms with Gasteiger partial charge in [-0.15, -0.1) is 0 Å².